The summed E-state index contributed by atoms with van der Waals surface area (Å²) in [4.78, 5) is 27.9. The van der Waals surface area contributed by atoms with E-state index in [4.69, 9.17) is 11.6 Å². The molecule has 5 heteroatoms. The van der Waals surface area contributed by atoms with Crippen molar-refractivity contribution < 1.29 is 14.0 Å². The number of anilines is 1. The molecule has 2 aromatic carbocycles. The van der Waals surface area contributed by atoms with Crippen LogP contribution in [0.15, 0.2) is 59.8 Å². The zero-order valence-electron chi connectivity index (χ0n) is 15.8. The number of amides is 1. The average molecular weight is 398 g/mol. The second kappa shape index (κ2) is 6.85. The quantitative estimate of drug-likeness (QED) is 0.657. The number of carbonyl (C=O) groups excluding carboxylic acids is 2. The van der Waals surface area contributed by atoms with Crippen LogP contribution in [-0.4, -0.2) is 11.7 Å². The van der Waals surface area contributed by atoms with Crippen LogP contribution >= 0.6 is 11.6 Å². The molecule has 144 valence electrons. The lowest BCUT2D eigenvalue weighted by atomic mass is 9.69. The number of nitrogens with zero attached hydrogens (tertiary/aromatic N) is 1. The third kappa shape index (κ3) is 3.16. The van der Waals surface area contributed by atoms with Gasteiger partial charge in [-0.2, -0.15) is 0 Å². The predicted octanol–water partition coefficient (Wildman–Crippen LogP) is 5.64. The summed E-state index contributed by atoms with van der Waals surface area (Å²) in [5.41, 5.74) is 1.88. The second-order valence-electron chi connectivity index (χ2n) is 8.26. The van der Waals surface area contributed by atoms with Crippen LogP contribution in [-0.2, 0) is 9.59 Å². The van der Waals surface area contributed by atoms with Gasteiger partial charge in [-0.1, -0.05) is 55.8 Å². The molecule has 0 spiro atoms. The van der Waals surface area contributed by atoms with E-state index in [0.29, 0.717) is 40.4 Å². The smallest absolute Gasteiger partial charge is 0.232 e. The molecule has 28 heavy (non-hydrogen) atoms. The van der Waals surface area contributed by atoms with Crippen LogP contribution < -0.4 is 4.90 Å². The highest BCUT2D eigenvalue weighted by atomic mass is 35.5. The number of para-hydroxylation sites is 1. The van der Waals surface area contributed by atoms with Crippen molar-refractivity contribution >= 4 is 29.0 Å². The molecule has 0 aromatic heterocycles. The SMILES string of the molecule is CC1(C)CC(=O)C2=C(C1)N(c1ccccc1Cl)C(=O)CC2c1ccccc1F. The van der Waals surface area contributed by atoms with E-state index in [2.05, 4.69) is 0 Å². The van der Waals surface area contributed by atoms with Crippen molar-refractivity contribution in [2.75, 3.05) is 4.90 Å². The van der Waals surface area contributed by atoms with E-state index in [1.165, 1.54) is 6.07 Å². The summed E-state index contributed by atoms with van der Waals surface area (Å²) in [6, 6.07) is 13.5. The van der Waals surface area contributed by atoms with E-state index in [9.17, 15) is 14.0 Å². The zero-order chi connectivity index (χ0) is 20.1. The monoisotopic (exact) mass is 397 g/mol. The molecule has 0 saturated carbocycles. The number of allylic oxidation sites excluding steroid dienone is 2. The van der Waals surface area contributed by atoms with Crippen molar-refractivity contribution in [3.63, 3.8) is 0 Å². The minimum absolute atomic E-state index is 0.0240. The van der Waals surface area contributed by atoms with Gasteiger partial charge in [-0.25, -0.2) is 4.39 Å². The molecule has 0 fully saturated rings. The summed E-state index contributed by atoms with van der Waals surface area (Å²) in [5, 5.41) is 0.447. The van der Waals surface area contributed by atoms with Crippen molar-refractivity contribution in [1.82, 2.24) is 0 Å². The Morgan fingerprint density at radius 2 is 1.71 bits per heavy atom. The first-order valence-corrected chi connectivity index (χ1v) is 9.74. The predicted molar refractivity (Wildman–Crippen MR) is 108 cm³/mol. The van der Waals surface area contributed by atoms with E-state index < -0.39 is 11.7 Å². The number of hydrogen-bond donors (Lipinski definition) is 0. The largest absolute Gasteiger partial charge is 0.294 e. The van der Waals surface area contributed by atoms with Crippen molar-refractivity contribution in [1.29, 1.82) is 0 Å². The molecule has 0 radical (unpaired) electrons. The zero-order valence-corrected chi connectivity index (χ0v) is 16.6. The first-order valence-electron chi connectivity index (χ1n) is 9.37. The van der Waals surface area contributed by atoms with Gasteiger partial charge >= 0.3 is 0 Å². The van der Waals surface area contributed by atoms with Crippen LogP contribution in [0.4, 0.5) is 10.1 Å². The Hall–Kier alpha value is -2.46. The summed E-state index contributed by atoms with van der Waals surface area (Å²) in [6.45, 7) is 4.02. The molecule has 1 amide bonds. The molecule has 1 unspecified atom stereocenters. The number of Topliss-reactive ketones (excluding diaryl/α,β-unsaturated/α-hetero) is 1. The molecule has 1 heterocycles. The van der Waals surface area contributed by atoms with Crippen molar-refractivity contribution in [3.05, 3.63) is 76.2 Å². The van der Waals surface area contributed by atoms with Gasteiger partial charge in [0.1, 0.15) is 5.82 Å². The highest BCUT2D eigenvalue weighted by molar-refractivity contribution is 6.34. The fourth-order valence-corrected chi connectivity index (χ4v) is 4.57. The number of carbonyl (C=O) groups is 2. The summed E-state index contributed by atoms with van der Waals surface area (Å²) < 4.78 is 14.5. The summed E-state index contributed by atoms with van der Waals surface area (Å²) in [7, 11) is 0. The second-order valence-corrected chi connectivity index (χ2v) is 8.67. The molecule has 1 aliphatic heterocycles. The van der Waals surface area contributed by atoms with Gasteiger partial charge in [0.2, 0.25) is 5.91 Å². The van der Waals surface area contributed by atoms with Gasteiger partial charge in [0.05, 0.1) is 10.7 Å². The topological polar surface area (TPSA) is 37.4 Å². The maximum absolute atomic E-state index is 14.5. The van der Waals surface area contributed by atoms with E-state index in [1.54, 1.807) is 41.3 Å². The fraction of sp³-hybridized carbons (Fsp3) is 0.304. The minimum atomic E-state index is -0.564. The molecule has 0 bridgehead atoms. The van der Waals surface area contributed by atoms with Crippen molar-refractivity contribution in [2.24, 2.45) is 5.41 Å². The number of ketones is 1. The summed E-state index contributed by atoms with van der Waals surface area (Å²) in [5.74, 6) is -1.16. The maximum atomic E-state index is 14.5. The first kappa shape index (κ1) is 18.9. The molecule has 2 aliphatic rings. The van der Waals surface area contributed by atoms with Gasteiger partial charge < -0.3 is 0 Å². The molecular formula is C23H21ClFNO2. The van der Waals surface area contributed by atoms with E-state index in [1.807, 2.05) is 19.9 Å². The lowest BCUT2D eigenvalue weighted by molar-refractivity contribution is -0.121. The lowest BCUT2D eigenvalue weighted by Crippen LogP contribution is -2.44. The third-order valence-electron chi connectivity index (χ3n) is 5.52. The van der Waals surface area contributed by atoms with Gasteiger partial charge in [-0.3, -0.25) is 14.5 Å². The van der Waals surface area contributed by atoms with Gasteiger partial charge in [0, 0.05) is 30.0 Å². The Morgan fingerprint density at radius 3 is 2.43 bits per heavy atom. The third-order valence-corrected chi connectivity index (χ3v) is 5.84. The molecule has 1 aliphatic carbocycles. The van der Waals surface area contributed by atoms with Crippen LogP contribution in [0.25, 0.3) is 0 Å². The minimum Gasteiger partial charge on any atom is -0.294 e. The van der Waals surface area contributed by atoms with Gasteiger partial charge in [-0.15, -0.1) is 0 Å². The van der Waals surface area contributed by atoms with Gasteiger partial charge in [-0.05, 0) is 35.6 Å². The lowest BCUT2D eigenvalue weighted by Gasteiger charge is -2.43. The van der Waals surface area contributed by atoms with Crippen LogP contribution in [0, 0.1) is 11.2 Å². The Bertz CT molecular complexity index is 1010. The van der Waals surface area contributed by atoms with Gasteiger partial charge in [0.25, 0.3) is 0 Å². The van der Waals surface area contributed by atoms with Crippen LogP contribution in [0.5, 0.6) is 0 Å². The van der Waals surface area contributed by atoms with Crippen LogP contribution in [0.1, 0.15) is 44.6 Å². The highest BCUT2D eigenvalue weighted by Gasteiger charge is 2.45. The molecule has 2 aromatic rings. The van der Waals surface area contributed by atoms with Crippen molar-refractivity contribution in [3.8, 4) is 0 Å². The molecule has 4 rings (SSSR count). The normalized spacial score (nSPS) is 21.7. The van der Waals surface area contributed by atoms with E-state index in [-0.39, 0.29) is 23.5 Å². The van der Waals surface area contributed by atoms with E-state index in [0.717, 1.165) is 0 Å². The van der Waals surface area contributed by atoms with Crippen LogP contribution in [0.3, 0.4) is 0 Å². The Morgan fingerprint density at radius 1 is 1.04 bits per heavy atom. The summed E-state index contributed by atoms with van der Waals surface area (Å²) >= 11 is 6.38. The molecule has 3 nitrogen and oxygen atoms in total. The molecular weight excluding hydrogens is 377 g/mol. The number of halogens is 2. The average Bonchev–Trinajstić information content (AvgIpc) is 2.61. The Labute approximate surface area is 168 Å². The van der Waals surface area contributed by atoms with Crippen molar-refractivity contribution in [2.45, 2.75) is 39.0 Å². The number of hydrogen-bond acceptors (Lipinski definition) is 2. The Kier molecular flexibility index (Phi) is 4.62. The standard InChI is InChI=1S/C23H21ClFNO2/c1-23(2)12-19-22(20(27)13-23)15(14-7-3-5-9-17(14)25)11-21(28)26(19)18-10-6-4-8-16(18)24/h3-10,15H,11-13H2,1-2H3. The number of rotatable bonds is 2. The summed E-state index contributed by atoms with van der Waals surface area (Å²) in [6.07, 6.45) is 0.967. The first-order chi connectivity index (χ1) is 13.3. The number of benzene rings is 2. The fourth-order valence-electron chi connectivity index (χ4n) is 4.35. The van der Waals surface area contributed by atoms with Crippen LogP contribution in [0.2, 0.25) is 5.02 Å². The van der Waals surface area contributed by atoms with Gasteiger partial charge in [0.15, 0.2) is 5.78 Å². The molecule has 1 atom stereocenters. The molecule has 0 saturated heterocycles. The molecule has 0 N–H and O–H groups in total. The van der Waals surface area contributed by atoms with E-state index >= 15 is 0 Å². The Balaban J connectivity index is 1.94. The highest BCUT2D eigenvalue weighted by Crippen LogP contribution is 2.49. The maximum Gasteiger partial charge on any atom is 0.232 e.